The third kappa shape index (κ3) is 4.95. The zero-order valence-corrected chi connectivity index (χ0v) is 10.6. The topological polar surface area (TPSA) is 61.7 Å². The predicted molar refractivity (Wildman–Crippen MR) is 62.6 cm³/mol. The molecule has 0 aromatic heterocycles. The van der Waals surface area contributed by atoms with Crippen LogP contribution >= 0.6 is 0 Å². The van der Waals surface area contributed by atoms with Crippen molar-refractivity contribution in [2.45, 2.75) is 25.0 Å². The van der Waals surface area contributed by atoms with E-state index in [-0.39, 0.29) is 6.42 Å². The maximum Gasteiger partial charge on any atom is 0.573 e. The highest BCUT2D eigenvalue weighted by Gasteiger charge is 2.32. The van der Waals surface area contributed by atoms with Crippen LogP contribution in [0.1, 0.15) is 18.1 Å². The van der Waals surface area contributed by atoms with Gasteiger partial charge in [0.25, 0.3) is 0 Å². The van der Waals surface area contributed by atoms with Gasteiger partial charge in [-0.15, -0.1) is 13.2 Å². The molecule has 0 bridgehead atoms. The standard InChI is InChI=1S/C12H15F4NO3/c1-17-5-4-10(18)11(19)8-6-7(2-3-9(8)13)20-12(14,15)16/h2-3,6,10-11,17-19H,4-5H2,1H3. The average molecular weight is 297 g/mol. The van der Waals surface area contributed by atoms with Gasteiger partial charge < -0.3 is 20.3 Å². The summed E-state index contributed by atoms with van der Waals surface area (Å²) in [5, 5.41) is 22.1. The maximum absolute atomic E-state index is 13.5. The number of aliphatic hydroxyl groups is 2. The Kier molecular flexibility index (Phi) is 5.73. The summed E-state index contributed by atoms with van der Waals surface area (Å²) < 4.78 is 53.3. The molecule has 114 valence electrons. The molecule has 1 rings (SSSR count). The van der Waals surface area contributed by atoms with Crippen molar-refractivity contribution in [1.82, 2.24) is 5.32 Å². The lowest BCUT2D eigenvalue weighted by Crippen LogP contribution is -2.24. The van der Waals surface area contributed by atoms with Crippen LogP contribution in [-0.2, 0) is 0 Å². The van der Waals surface area contributed by atoms with E-state index in [0.29, 0.717) is 6.54 Å². The summed E-state index contributed by atoms with van der Waals surface area (Å²) in [5.41, 5.74) is -0.449. The number of halogens is 4. The minimum Gasteiger partial charge on any atom is -0.406 e. The second kappa shape index (κ2) is 6.87. The molecule has 0 aliphatic rings. The second-order valence-corrected chi connectivity index (χ2v) is 4.14. The van der Waals surface area contributed by atoms with E-state index in [1.807, 2.05) is 0 Å². The van der Waals surface area contributed by atoms with Gasteiger partial charge in [-0.25, -0.2) is 4.39 Å². The normalized spacial score (nSPS) is 14.9. The van der Waals surface area contributed by atoms with Gasteiger partial charge in [-0.3, -0.25) is 0 Å². The number of benzene rings is 1. The molecule has 20 heavy (non-hydrogen) atoms. The fourth-order valence-corrected chi connectivity index (χ4v) is 1.60. The van der Waals surface area contributed by atoms with E-state index in [1.165, 1.54) is 0 Å². The van der Waals surface area contributed by atoms with Crippen molar-refractivity contribution < 1.29 is 32.5 Å². The SMILES string of the molecule is CNCCC(O)C(O)c1cc(OC(F)(F)F)ccc1F. The molecule has 0 amide bonds. The molecule has 0 saturated carbocycles. The number of nitrogens with one attached hydrogen (secondary N) is 1. The van der Waals surface area contributed by atoms with E-state index >= 15 is 0 Å². The molecule has 8 heteroatoms. The third-order valence-electron chi connectivity index (χ3n) is 2.57. The first-order valence-electron chi connectivity index (χ1n) is 5.80. The van der Waals surface area contributed by atoms with E-state index in [9.17, 15) is 27.8 Å². The fraction of sp³-hybridized carbons (Fsp3) is 0.500. The molecule has 2 atom stereocenters. The Hall–Kier alpha value is -1.38. The maximum atomic E-state index is 13.5. The first-order chi connectivity index (χ1) is 9.24. The van der Waals surface area contributed by atoms with Gasteiger partial charge in [-0.1, -0.05) is 0 Å². The molecule has 0 fully saturated rings. The monoisotopic (exact) mass is 297 g/mol. The Morgan fingerprint density at radius 3 is 2.50 bits per heavy atom. The molecule has 0 aliphatic heterocycles. The summed E-state index contributed by atoms with van der Waals surface area (Å²) in [6, 6.07) is 2.25. The van der Waals surface area contributed by atoms with E-state index in [1.54, 1.807) is 7.05 Å². The van der Waals surface area contributed by atoms with Crippen LogP contribution in [0.25, 0.3) is 0 Å². The molecule has 4 nitrogen and oxygen atoms in total. The highest BCUT2D eigenvalue weighted by Crippen LogP contribution is 2.29. The highest BCUT2D eigenvalue weighted by atomic mass is 19.4. The van der Waals surface area contributed by atoms with Crippen LogP contribution in [0.3, 0.4) is 0 Å². The summed E-state index contributed by atoms with van der Waals surface area (Å²) in [5.74, 6) is -1.58. The zero-order chi connectivity index (χ0) is 15.3. The minimum atomic E-state index is -4.91. The van der Waals surface area contributed by atoms with Gasteiger partial charge in [0, 0.05) is 5.56 Å². The van der Waals surface area contributed by atoms with Gasteiger partial charge in [0.1, 0.15) is 17.7 Å². The van der Waals surface area contributed by atoms with Crippen LogP contribution in [-0.4, -0.2) is 36.3 Å². The van der Waals surface area contributed by atoms with Gasteiger partial charge >= 0.3 is 6.36 Å². The van der Waals surface area contributed by atoms with Crippen LogP contribution in [0.15, 0.2) is 18.2 Å². The lowest BCUT2D eigenvalue weighted by atomic mass is 10.0. The van der Waals surface area contributed by atoms with Crippen molar-refractivity contribution in [3.63, 3.8) is 0 Å². The van der Waals surface area contributed by atoms with Gasteiger partial charge in [-0.05, 0) is 38.2 Å². The minimum absolute atomic E-state index is 0.113. The highest BCUT2D eigenvalue weighted by molar-refractivity contribution is 5.32. The van der Waals surface area contributed by atoms with Crippen LogP contribution < -0.4 is 10.1 Å². The Morgan fingerprint density at radius 1 is 1.30 bits per heavy atom. The number of hydrogen-bond donors (Lipinski definition) is 3. The molecular weight excluding hydrogens is 282 g/mol. The first-order valence-corrected chi connectivity index (χ1v) is 5.80. The van der Waals surface area contributed by atoms with E-state index in [0.717, 1.165) is 18.2 Å². The van der Waals surface area contributed by atoms with Crippen LogP contribution in [0.5, 0.6) is 5.75 Å². The average Bonchev–Trinajstić information content (AvgIpc) is 2.35. The zero-order valence-electron chi connectivity index (χ0n) is 10.6. The second-order valence-electron chi connectivity index (χ2n) is 4.14. The molecule has 0 radical (unpaired) electrons. The molecule has 0 saturated heterocycles. The Labute approximate surface area is 113 Å². The van der Waals surface area contributed by atoms with Crippen LogP contribution in [0, 0.1) is 5.82 Å². The van der Waals surface area contributed by atoms with Crippen LogP contribution in [0.2, 0.25) is 0 Å². The molecular formula is C12H15F4NO3. The molecule has 1 aromatic rings. The quantitative estimate of drug-likeness (QED) is 0.700. The van der Waals surface area contributed by atoms with Crippen molar-refractivity contribution >= 4 is 0 Å². The van der Waals surface area contributed by atoms with Gasteiger partial charge in [0.05, 0.1) is 6.10 Å². The molecule has 0 heterocycles. The largest absolute Gasteiger partial charge is 0.573 e. The molecule has 0 aliphatic carbocycles. The summed E-state index contributed by atoms with van der Waals surface area (Å²) in [6.07, 6.45) is -7.75. The number of ether oxygens (including phenoxy) is 1. The number of hydrogen-bond acceptors (Lipinski definition) is 4. The van der Waals surface area contributed by atoms with Crippen molar-refractivity contribution in [2.24, 2.45) is 0 Å². The molecule has 0 spiro atoms. The number of alkyl halides is 3. The fourth-order valence-electron chi connectivity index (χ4n) is 1.60. The van der Waals surface area contributed by atoms with E-state index < -0.39 is 35.7 Å². The van der Waals surface area contributed by atoms with Crippen LogP contribution in [0.4, 0.5) is 17.6 Å². The van der Waals surface area contributed by atoms with E-state index in [2.05, 4.69) is 10.1 Å². The van der Waals surface area contributed by atoms with Crippen molar-refractivity contribution in [3.8, 4) is 5.75 Å². The van der Waals surface area contributed by atoms with Gasteiger partial charge in [0.2, 0.25) is 0 Å². The molecule has 2 unspecified atom stereocenters. The van der Waals surface area contributed by atoms with Gasteiger partial charge in [-0.2, -0.15) is 0 Å². The third-order valence-corrected chi connectivity index (χ3v) is 2.57. The summed E-state index contributed by atoms with van der Waals surface area (Å²) in [6.45, 7) is 0.360. The lowest BCUT2D eigenvalue weighted by Gasteiger charge is -2.19. The van der Waals surface area contributed by atoms with Crippen molar-refractivity contribution in [3.05, 3.63) is 29.6 Å². The number of aliphatic hydroxyl groups excluding tert-OH is 2. The van der Waals surface area contributed by atoms with Gasteiger partial charge in [0.15, 0.2) is 0 Å². The predicted octanol–water partition coefficient (Wildman–Crippen LogP) is 1.73. The molecule has 1 aromatic carbocycles. The van der Waals surface area contributed by atoms with Crippen molar-refractivity contribution in [2.75, 3.05) is 13.6 Å². The Bertz CT molecular complexity index is 439. The number of rotatable bonds is 6. The summed E-state index contributed by atoms with van der Waals surface area (Å²) in [7, 11) is 1.62. The summed E-state index contributed by atoms with van der Waals surface area (Å²) >= 11 is 0. The smallest absolute Gasteiger partial charge is 0.406 e. The summed E-state index contributed by atoms with van der Waals surface area (Å²) in [4.78, 5) is 0. The first kappa shape index (κ1) is 16.7. The Balaban J connectivity index is 2.90. The lowest BCUT2D eigenvalue weighted by molar-refractivity contribution is -0.274. The van der Waals surface area contributed by atoms with E-state index in [4.69, 9.17) is 0 Å². The Morgan fingerprint density at radius 2 is 1.95 bits per heavy atom. The molecule has 3 N–H and O–H groups in total. The van der Waals surface area contributed by atoms with Crippen molar-refractivity contribution in [1.29, 1.82) is 0 Å².